The van der Waals surface area contributed by atoms with Crippen molar-refractivity contribution in [3.63, 3.8) is 0 Å². The molecule has 0 spiro atoms. The van der Waals surface area contributed by atoms with Crippen LogP contribution in [0.1, 0.15) is 89.5 Å². The quantitative estimate of drug-likeness (QED) is 0.140. The van der Waals surface area contributed by atoms with E-state index in [9.17, 15) is 0 Å². The summed E-state index contributed by atoms with van der Waals surface area (Å²) in [6.07, 6.45) is 17.2. The van der Waals surface area contributed by atoms with Gasteiger partial charge >= 0.3 is 0 Å². The first kappa shape index (κ1) is 25.6. The molecular formula is C23H42N2O2. The number of hydrogen-bond donors (Lipinski definition) is 0. The molecule has 0 aromatic heterocycles. The Bertz CT molecular complexity index is 435. The molecule has 0 N–H and O–H groups in total. The van der Waals surface area contributed by atoms with E-state index in [1.807, 2.05) is 0 Å². The predicted molar refractivity (Wildman–Crippen MR) is 117 cm³/mol. The van der Waals surface area contributed by atoms with Crippen molar-refractivity contribution >= 4 is 0 Å². The van der Waals surface area contributed by atoms with Crippen LogP contribution in [0.15, 0.2) is 35.7 Å². The molecule has 1 aromatic carbocycles. The minimum Gasteiger partial charge on any atom is -0.444 e. The van der Waals surface area contributed by atoms with E-state index in [0.29, 0.717) is 0 Å². The Morgan fingerprint density at radius 3 is 1.63 bits per heavy atom. The molecule has 4 heteroatoms. The summed E-state index contributed by atoms with van der Waals surface area (Å²) in [4.78, 5) is 8.00. The Kier molecular flexibility index (Phi) is 17.0. The number of nitrogens with zero attached hydrogens (tertiary/aromatic N) is 2. The zero-order valence-electron chi connectivity index (χ0n) is 18.0. The first-order valence-corrected chi connectivity index (χ1v) is 10.9. The summed E-state index contributed by atoms with van der Waals surface area (Å²) in [7, 11) is 4.73. The monoisotopic (exact) mass is 378 g/mol. The number of benzene rings is 1. The van der Waals surface area contributed by atoms with Gasteiger partial charge in [0.1, 0.15) is 6.54 Å². The fourth-order valence-corrected chi connectivity index (χ4v) is 3.54. The Balaban J connectivity index is 0.00000210. The molecule has 0 atom stereocenters. The summed E-state index contributed by atoms with van der Waals surface area (Å²) >= 11 is 0. The van der Waals surface area contributed by atoms with E-state index in [1.54, 1.807) is 0 Å². The largest absolute Gasteiger partial charge is 0.444 e. The van der Waals surface area contributed by atoms with Crippen LogP contribution in [0.3, 0.4) is 0 Å². The molecule has 0 amide bonds. The zero-order chi connectivity index (χ0) is 20.2. The summed E-state index contributed by atoms with van der Waals surface area (Å²) in [6.45, 7) is 4.74. The molecule has 0 heterocycles. The van der Waals surface area contributed by atoms with Crippen LogP contribution in [-0.2, 0) is 6.54 Å². The molecule has 156 valence electrons. The number of hydrogen-bond acceptors (Lipinski definition) is 3. The normalized spacial score (nSPS) is 10.9. The lowest BCUT2D eigenvalue weighted by Crippen LogP contribution is -2.39. The van der Waals surface area contributed by atoms with Crippen LogP contribution in [0.5, 0.6) is 0 Å². The smallest absolute Gasteiger partial charge is 0.104 e. The van der Waals surface area contributed by atoms with E-state index >= 15 is 0 Å². The van der Waals surface area contributed by atoms with Gasteiger partial charge in [-0.2, -0.15) is 0 Å². The second-order valence-electron chi connectivity index (χ2n) is 8.27. The SMILES string of the molecule is CCCCCCCCCCCCCC[N+](C)(C)Cc1ccccc1.O=N[O-]. The molecule has 0 aliphatic rings. The van der Waals surface area contributed by atoms with Gasteiger partial charge in [0, 0.05) is 5.56 Å². The highest BCUT2D eigenvalue weighted by atomic mass is 16.6. The summed E-state index contributed by atoms with van der Waals surface area (Å²) in [5.74, 6) is 0. The minimum atomic E-state index is 1.00. The predicted octanol–water partition coefficient (Wildman–Crippen LogP) is 7.21. The molecular weight excluding hydrogens is 336 g/mol. The van der Waals surface area contributed by atoms with Gasteiger partial charge in [-0.25, -0.2) is 0 Å². The van der Waals surface area contributed by atoms with E-state index in [1.165, 1.54) is 89.2 Å². The fraction of sp³-hybridized carbons (Fsp3) is 0.739. The van der Waals surface area contributed by atoms with Crippen LogP contribution in [0.4, 0.5) is 0 Å². The summed E-state index contributed by atoms with van der Waals surface area (Å²) in [5.41, 5.74) is 1.46. The van der Waals surface area contributed by atoms with Crippen molar-refractivity contribution in [2.75, 3.05) is 20.6 Å². The maximum atomic E-state index is 8.00. The standard InChI is InChI=1S/C23H42N.HNO2/c1-4-5-6-7-8-9-10-11-12-13-14-18-21-24(2,3)22-23-19-16-15-17-20-23;2-1-3/h15-17,19-20H,4-14,18,21-22H2,1-3H3;(H,2,3)/q+1;/p-1. The first-order valence-electron chi connectivity index (χ1n) is 10.9. The molecule has 0 radical (unpaired) electrons. The van der Waals surface area contributed by atoms with Crippen LogP contribution in [0.25, 0.3) is 0 Å². The van der Waals surface area contributed by atoms with Gasteiger partial charge in [-0.05, 0) is 12.8 Å². The van der Waals surface area contributed by atoms with Crippen LogP contribution in [0, 0.1) is 10.1 Å². The van der Waals surface area contributed by atoms with Gasteiger partial charge < -0.3 is 14.6 Å². The van der Waals surface area contributed by atoms with E-state index in [0.717, 1.165) is 16.4 Å². The van der Waals surface area contributed by atoms with E-state index in [2.05, 4.69) is 51.4 Å². The molecule has 0 bridgehead atoms. The van der Waals surface area contributed by atoms with Crippen LogP contribution in [0.2, 0.25) is 0 Å². The van der Waals surface area contributed by atoms with Gasteiger partial charge in [0.25, 0.3) is 0 Å². The van der Waals surface area contributed by atoms with Gasteiger partial charge in [0.15, 0.2) is 0 Å². The second-order valence-corrected chi connectivity index (χ2v) is 8.27. The van der Waals surface area contributed by atoms with Crippen molar-refractivity contribution in [1.29, 1.82) is 0 Å². The summed E-state index contributed by atoms with van der Waals surface area (Å²) < 4.78 is 1.11. The average Bonchev–Trinajstić information content (AvgIpc) is 2.64. The highest BCUT2D eigenvalue weighted by Gasteiger charge is 2.14. The number of unbranched alkanes of at least 4 members (excludes halogenated alkanes) is 11. The third-order valence-electron chi connectivity index (χ3n) is 5.07. The van der Waals surface area contributed by atoms with Crippen molar-refractivity contribution in [3.8, 4) is 0 Å². The van der Waals surface area contributed by atoms with E-state index in [-0.39, 0.29) is 0 Å². The Labute approximate surface area is 167 Å². The van der Waals surface area contributed by atoms with E-state index in [4.69, 9.17) is 10.1 Å². The highest BCUT2D eigenvalue weighted by molar-refractivity contribution is 5.13. The van der Waals surface area contributed by atoms with E-state index < -0.39 is 0 Å². The number of rotatable bonds is 15. The Morgan fingerprint density at radius 2 is 1.19 bits per heavy atom. The third-order valence-corrected chi connectivity index (χ3v) is 5.07. The fourth-order valence-electron chi connectivity index (χ4n) is 3.54. The molecule has 1 aromatic rings. The van der Waals surface area contributed by atoms with Crippen molar-refractivity contribution < 1.29 is 4.48 Å². The van der Waals surface area contributed by atoms with Crippen LogP contribution >= 0.6 is 0 Å². The molecule has 27 heavy (non-hydrogen) atoms. The molecule has 0 saturated heterocycles. The van der Waals surface area contributed by atoms with Crippen molar-refractivity contribution in [1.82, 2.24) is 0 Å². The molecule has 0 saturated carbocycles. The maximum absolute atomic E-state index is 8.00. The number of quaternary nitrogens is 1. The van der Waals surface area contributed by atoms with Crippen molar-refractivity contribution in [2.45, 2.75) is 90.5 Å². The molecule has 0 aliphatic carbocycles. The summed E-state index contributed by atoms with van der Waals surface area (Å²) in [5, 5.41) is 9.00. The minimum absolute atomic E-state index is 1.00. The molecule has 4 nitrogen and oxygen atoms in total. The highest BCUT2D eigenvalue weighted by Crippen LogP contribution is 2.14. The lowest BCUT2D eigenvalue weighted by molar-refractivity contribution is -0.903. The van der Waals surface area contributed by atoms with Gasteiger partial charge in [-0.3, -0.25) is 0 Å². The molecule has 0 fully saturated rings. The molecule has 1 rings (SSSR count). The molecule has 0 unspecified atom stereocenters. The van der Waals surface area contributed by atoms with Gasteiger partial charge in [0.05, 0.1) is 20.6 Å². The molecule has 0 aliphatic heterocycles. The Hall–Kier alpha value is -1.42. The zero-order valence-corrected chi connectivity index (χ0v) is 18.0. The summed E-state index contributed by atoms with van der Waals surface area (Å²) in [6, 6.07) is 10.9. The van der Waals surface area contributed by atoms with Crippen molar-refractivity contribution in [3.05, 3.63) is 46.0 Å². The van der Waals surface area contributed by atoms with Gasteiger partial charge in [-0.15, -0.1) is 5.34 Å². The lowest BCUT2D eigenvalue weighted by atomic mass is 10.1. The van der Waals surface area contributed by atoms with Crippen LogP contribution < -0.4 is 0 Å². The topological polar surface area (TPSA) is 52.5 Å². The lowest BCUT2D eigenvalue weighted by Gasteiger charge is -2.30. The van der Waals surface area contributed by atoms with Crippen LogP contribution in [-0.4, -0.2) is 25.1 Å². The first-order chi connectivity index (χ1) is 13.1. The maximum Gasteiger partial charge on any atom is 0.104 e. The average molecular weight is 379 g/mol. The van der Waals surface area contributed by atoms with Crippen molar-refractivity contribution in [2.24, 2.45) is 5.34 Å². The van der Waals surface area contributed by atoms with Gasteiger partial charge in [0.2, 0.25) is 0 Å². The third kappa shape index (κ3) is 17.7. The Morgan fingerprint density at radius 1 is 0.778 bits per heavy atom. The second kappa shape index (κ2) is 18.0. The van der Waals surface area contributed by atoms with Gasteiger partial charge in [-0.1, -0.05) is 101 Å².